The van der Waals surface area contributed by atoms with Crippen LogP contribution in [0.15, 0.2) is 30.3 Å². The third-order valence-electron chi connectivity index (χ3n) is 6.20. The Kier molecular flexibility index (Phi) is 11.1. The molecule has 1 fully saturated rings. The number of nitrogens with one attached hydrogen (secondary N) is 1. The number of esters is 1. The maximum absolute atomic E-state index is 13.3. The van der Waals surface area contributed by atoms with Crippen molar-refractivity contribution in [3.05, 3.63) is 41.6 Å². The topological polar surface area (TPSA) is 170 Å². The van der Waals surface area contributed by atoms with Crippen molar-refractivity contribution < 1.29 is 43.3 Å². The number of rotatable bonds is 12. The molecule has 222 valence electrons. The van der Waals surface area contributed by atoms with Crippen LogP contribution in [0.2, 0.25) is 0 Å². The number of ether oxygens (including phenoxy) is 3. The molecule has 0 radical (unpaired) electrons. The molecule has 1 aliphatic rings. The number of aromatic nitrogens is 2. The minimum atomic E-state index is -1.15. The molecule has 3 rings (SSSR count). The van der Waals surface area contributed by atoms with Crippen LogP contribution in [0.4, 0.5) is 4.79 Å². The molecular weight excluding hydrogens is 538 g/mol. The van der Waals surface area contributed by atoms with Gasteiger partial charge in [-0.05, 0) is 39.3 Å². The molecule has 1 atom stereocenters. The molecule has 1 aromatic carbocycles. The van der Waals surface area contributed by atoms with Crippen molar-refractivity contribution in [1.82, 2.24) is 24.9 Å². The highest BCUT2D eigenvalue weighted by atomic mass is 16.6. The third-order valence-corrected chi connectivity index (χ3v) is 6.20. The van der Waals surface area contributed by atoms with Crippen molar-refractivity contribution in [3.8, 4) is 11.6 Å². The van der Waals surface area contributed by atoms with E-state index in [1.807, 2.05) is 19.1 Å². The highest BCUT2D eigenvalue weighted by Gasteiger charge is 2.31. The van der Waals surface area contributed by atoms with Gasteiger partial charge in [-0.3, -0.25) is 14.4 Å². The SMILES string of the molecule is CCOC(=O)COc1cc(C(=O)NC(CCC(=O)O)C(=O)N2CCN(C(=O)OCC)CC2)nn1-c1ccc(C)cc1. The Morgan fingerprint density at radius 1 is 0.976 bits per heavy atom. The van der Waals surface area contributed by atoms with E-state index in [4.69, 9.17) is 14.2 Å². The van der Waals surface area contributed by atoms with E-state index in [9.17, 15) is 29.1 Å². The summed E-state index contributed by atoms with van der Waals surface area (Å²) >= 11 is 0. The molecule has 0 bridgehead atoms. The summed E-state index contributed by atoms with van der Waals surface area (Å²) in [4.78, 5) is 64.7. The minimum Gasteiger partial charge on any atom is -0.481 e. The van der Waals surface area contributed by atoms with E-state index in [2.05, 4.69) is 10.4 Å². The third kappa shape index (κ3) is 8.68. The van der Waals surface area contributed by atoms with Gasteiger partial charge in [0.2, 0.25) is 11.8 Å². The van der Waals surface area contributed by atoms with E-state index in [0.29, 0.717) is 5.69 Å². The van der Waals surface area contributed by atoms with Crippen LogP contribution < -0.4 is 10.1 Å². The summed E-state index contributed by atoms with van der Waals surface area (Å²) in [5, 5.41) is 16.1. The van der Waals surface area contributed by atoms with Crippen molar-refractivity contribution in [1.29, 1.82) is 0 Å². The fraction of sp³-hybridized carbons (Fsp3) is 0.481. The number of carboxylic acid groups (broad SMARTS) is 1. The van der Waals surface area contributed by atoms with Crippen molar-refractivity contribution in [2.75, 3.05) is 46.0 Å². The van der Waals surface area contributed by atoms with Crippen LogP contribution in [-0.4, -0.2) is 107 Å². The van der Waals surface area contributed by atoms with Crippen LogP contribution in [-0.2, 0) is 23.9 Å². The van der Waals surface area contributed by atoms with E-state index in [-0.39, 0.29) is 63.8 Å². The summed E-state index contributed by atoms with van der Waals surface area (Å²) in [6.45, 7) is 6.16. The average molecular weight is 574 g/mol. The number of piperazine rings is 1. The van der Waals surface area contributed by atoms with Gasteiger partial charge in [-0.2, -0.15) is 5.10 Å². The lowest BCUT2D eigenvalue weighted by atomic mass is 10.1. The van der Waals surface area contributed by atoms with Crippen LogP contribution in [0.25, 0.3) is 5.69 Å². The summed E-state index contributed by atoms with van der Waals surface area (Å²) in [5.74, 6) is -2.83. The average Bonchev–Trinajstić information content (AvgIpc) is 3.39. The van der Waals surface area contributed by atoms with E-state index >= 15 is 0 Å². The number of hydrogen-bond acceptors (Lipinski definition) is 9. The number of benzene rings is 1. The predicted octanol–water partition coefficient (Wildman–Crippen LogP) is 1.39. The van der Waals surface area contributed by atoms with Gasteiger partial charge in [0.25, 0.3) is 5.91 Å². The first-order valence-electron chi connectivity index (χ1n) is 13.3. The lowest BCUT2D eigenvalue weighted by Gasteiger charge is -2.35. The van der Waals surface area contributed by atoms with Crippen LogP contribution in [0.1, 0.15) is 42.7 Å². The van der Waals surface area contributed by atoms with Gasteiger partial charge in [0.05, 0.1) is 18.9 Å². The molecular formula is C27H35N5O9. The lowest BCUT2D eigenvalue weighted by Crippen LogP contribution is -2.56. The quantitative estimate of drug-likeness (QED) is 0.354. The highest BCUT2D eigenvalue weighted by molar-refractivity contribution is 5.96. The van der Waals surface area contributed by atoms with Gasteiger partial charge in [-0.25, -0.2) is 14.3 Å². The summed E-state index contributed by atoms with van der Waals surface area (Å²) in [7, 11) is 0. The van der Waals surface area contributed by atoms with Gasteiger partial charge < -0.3 is 34.4 Å². The van der Waals surface area contributed by atoms with E-state index in [1.54, 1.807) is 26.0 Å². The predicted molar refractivity (Wildman–Crippen MR) is 144 cm³/mol. The Morgan fingerprint density at radius 2 is 1.61 bits per heavy atom. The van der Waals surface area contributed by atoms with Crippen LogP contribution in [0.3, 0.4) is 0 Å². The first kappa shape index (κ1) is 30.9. The van der Waals surface area contributed by atoms with Crippen molar-refractivity contribution in [2.45, 2.75) is 39.7 Å². The van der Waals surface area contributed by atoms with Gasteiger partial charge in [0.1, 0.15) is 6.04 Å². The molecule has 1 saturated heterocycles. The lowest BCUT2D eigenvalue weighted by molar-refractivity contribution is -0.145. The molecule has 2 heterocycles. The number of carbonyl (C=O) groups is 5. The maximum Gasteiger partial charge on any atom is 0.409 e. The second-order valence-electron chi connectivity index (χ2n) is 9.18. The first-order valence-corrected chi connectivity index (χ1v) is 13.3. The molecule has 1 aliphatic heterocycles. The standard InChI is InChI=1S/C27H35N5O9/c1-4-39-24(35)17-41-22-16-21(29-32(22)19-8-6-18(3)7-9-19)25(36)28-20(10-11-23(33)34)26(37)30-12-14-31(15-13-30)27(38)40-5-2/h6-9,16,20H,4-5,10-15,17H2,1-3H3,(H,28,36)(H,33,34). The molecule has 1 aromatic heterocycles. The summed E-state index contributed by atoms with van der Waals surface area (Å²) in [6.07, 6.45) is -0.978. The van der Waals surface area contributed by atoms with Crippen molar-refractivity contribution in [3.63, 3.8) is 0 Å². The maximum atomic E-state index is 13.3. The van der Waals surface area contributed by atoms with Crippen LogP contribution in [0.5, 0.6) is 5.88 Å². The zero-order valence-corrected chi connectivity index (χ0v) is 23.3. The fourth-order valence-electron chi connectivity index (χ4n) is 4.09. The molecule has 3 amide bonds. The van der Waals surface area contributed by atoms with Crippen molar-refractivity contribution >= 4 is 29.8 Å². The molecule has 14 heteroatoms. The zero-order valence-electron chi connectivity index (χ0n) is 23.3. The number of amides is 3. The Hall–Kier alpha value is -4.62. The monoisotopic (exact) mass is 573 g/mol. The van der Waals surface area contributed by atoms with Gasteiger partial charge >= 0.3 is 18.0 Å². The smallest absolute Gasteiger partial charge is 0.409 e. The van der Waals surface area contributed by atoms with Gasteiger partial charge in [-0.1, -0.05) is 17.7 Å². The normalized spacial score (nSPS) is 13.7. The molecule has 2 N–H and O–H groups in total. The largest absolute Gasteiger partial charge is 0.481 e. The number of aliphatic carboxylic acids is 1. The number of nitrogens with zero attached hydrogens (tertiary/aromatic N) is 4. The Balaban J connectivity index is 1.78. The fourth-order valence-corrected chi connectivity index (χ4v) is 4.09. The summed E-state index contributed by atoms with van der Waals surface area (Å²) < 4.78 is 16.8. The van der Waals surface area contributed by atoms with Crippen LogP contribution >= 0.6 is 0 Å². The summed E-state index contributed by atoms with van der Waals surface area (Å²) in [5.41, 5.74) is 1.45. The Labute approximate surface area is 237 Å². The second-order valence-corrected chi connectivity index (χ2v) is 9.18. The van der Waals surface area contributed by atoms with Gasteiger partial charge in [0.15, 0.2) is 12.3 Å². The van der Waals surface area contributed by atoms with Gasteiger partial charge in [-0.15, -0.1) is 0 Å². The number of aryl methyl sites for hydroxylation is 1. The van der Waals surface area contributed by atoms with Gasteiger partial charge in [0, 0.05) is 38.7 Å². The number of hydrogen-bond donors (Lipinski definition) is 2. The first-order chi connectivity index (χ1) is 19.6. The Bertz CT molecular complexity index is 1240. The van der Waals surface area contributed by atoms with Crippen LogP contribution in [0, 0.1) is 6.92 Å². The molecule has 0 spiro atoms. The molecule has 0 saturated carbocycles. The molecule has 0 aliphatic carbocycles. The molecule has 2 aromatic rings. The second kappa shape index (κ2) is 14.7. The number of carboxylic acids is 1. The highest BCUT2D eigenvalue weighted by Crippen LogP contribution is 2.21. The zero-order chi connectivity index (χ0) is 29.9. The van der Waals surface area contributed by atoms with E-state index < -0.39 is 42.5 Å². The minimum absolute atomic E-state index is 0.0931. The molecule has 1 unspecified atom stereocenters. The van der Waals surface area contributed by atoms with E-state index in [0.717, 1.165) is 5.56 Å². The van der Waals surface area contributed by atoms with Crippen molar-refractivity contribution in [2.24, 2.45) is 0 Å². The Morgan fingerprint density at radius 3 is 2.22 bits per heavy atom. The number of carbonyl (C=O) groups excluding carboxylic acids is 4. The molecule has 14 nitrogen and oxygen atoms in total. The van der Waals surface area contributed by atoms with E-state index in [1.165, 1.54) is 20.5 Å². The summed E-state index contributed by atoms with van der Waals surface area (Å²) in [6, 6.07) is 7.38. The molecule has 41 heavy (non-hydrogen) atoms.